The second-order valence-corrected chi connectivity index (χ2v) is 6.58. The minimum atomic E-state index is 0.213. The van der Waals surface area contributed by atoms with Crippen molar-refractivity contribution in [3.63, 3.8) is 0 Å². The van der Waals surface area contributed by atoms with Gasteiger partial charge in [-0.3, -0.25) is 4.90 Å². The summed E-state index contributed by atoms with van der Waals surface area (Å²) >= 11 is 12.4. The number of ether oxygens (including phenoxy) is 1. The lowest BCUT2D eigenvalue weighted by atomic mass is 10.0. The smallest absolute Gasteiger partial charge is 0.0678 e. The third-order valence-corrected chi connectivity index (χ3v) is 4.77. The van der Waals surface area contributed by atoms with Crippen molar-refractivity contribution in [2.75, 3.05) is 26.7 Å². The van der Waals surface area contributed by atoms with E-state index < -0.39 is 0 Å². The molecule has 0 bridgehead atoms. The predicted octanol–water partition coefficient (Wildman–Crippen LogP) is 3.75. The molecule has 3 atom stereocenters. The number of nitrogens with zero attached hydrogens (tertiary/aromatic N) is 1. The number of nitrogens with one attached hydrogen (secondary N) is 1. The largest absolute Gasteiger partial charge is 0.373 e. The molecule has 0 aliphatic carbocycles. The highest BCUT2D eigenvalue weighted by molar-refractivity contribution is 6.42. The summed E-state index contributed by atoms with van der Waals surface area (Å²) in [4.78, 5) is 2.46. The van der Waals surface area contributed by atoms with Crippen molar-refractivity contribution >= 4 is 23.2 Å². The second kappa shape index (κ2) is 7.80. The van der Waals surface area contributed by atoms with Crippen LogP contribution in [0, 0.1) is 0 Å². The first-order valence-electron chi connectivity index (χ1n) is 7.50. The standard InChI is InChI=1S/C16H24Cl2N2O/c1-11-9-20(10-12(2)21-11)8-7-15(19-3)13-5-4-6-14(17)16(13)18/h4-6,11-12,15,19H,7-10H2,1-3H3/t11-,12+,15?. The number of rotatable bonds is 5. The molecular formula is C16H24Cl2N2O. The third kappa shape index (κ3) is 4.57. The Hall–Kier alpha value is -0.320. The normalized spacial score (nSPS) is 25.0. The van der Waals surface area contributed by atoms with E-state index in [0.29, 0.717) is 22.3 Å². The molecule has 0 radical (unpaired) electrons. The van der Waals surface area contributed by atoms with Gasteiger partial charge in [-0.25, -0.2) is 0 Å². The van der Waals surface area contributed by atoms with Gasteiger partial charge in [0.1, 0.15) is 0 Å². The Kier molecular flexibility index (Phi) is 6.33. The second-order valence-electron chi connectivity index (χ2n) is 5.79. The third-order valence-electron chi connectivity index (χ3n) is 3.93. The Morgan fingerprint density at radius 2 is 1.95 bits per heavy atom. The van der Waals surface area contributed by atoms with E-state index in [1.165, 1.54) is 0 Å². The van der Waals surface area contributed by atoms with Gasteiger partial charge in [0.15, 0.2) is 0 Å². The minimum absolute atomic E-state index is 0.213. The summed E-state index contributed by atoms with van der Waals surface area (Å²) in [5.74, 6) is 0. The predicted molar refractivity (Wildman–Crippen MR) is 89.3 cm³/mol. The van der Waals surface area contributed by atoms with Gasteiger partial charge in [0.05, 0.1) is 22.3 Å². The fraction of sp³-hybridized carbons (Fsp3) is 0.625. The van der Waals surface area contributed by atoms with Crippen LogP contribution in [0.5, 0.6) is 0 Å². The lowest BCUT2D eigenvalue weighted by Crippen LogP contribution is -2.46. The van der Waals surface area contributed by atoms with Gasteiger partial charge in [-0.1, -0.05) is 35.3 Å². The Balaban J connectivity index is 1.98. The molecule has 3 nitrogen and oxygen atoms in total. The first-order chi connectivity index (χ1) is 10.0. The molecule has 0 spiro atoms. The van der Waals surface area contributed by atoms with Crippen molar-refractivity contribution < 1.29 is 4.74 Å². The monoisotopic (exact) mass is 330 g/mol. The van der Waals surface area contributed by atoms with Crippen LogP contribution in [0.25, 0.3) is 0 Å². The van der Waals surface area contributed by atoms with E-state index in [2.05, 4.69) is 24.1 Å². The van der Waals surface area contributed by atoms with Gasteiger partial charge in [0.2, 0.25) is 0 Å². The van der Waals surface area contributed by atoms with Gasteiger partial charge in [-0.05, 0) is 38.9 Å². The maximum atomic E-state index is 6.33. The van der Waals surface area contributed by atoms with Crippen LogP contribution in [-0.2, 0) is 4.74 Å². The Morgan fingerprint density at radius 3 is 2.57 bits per heavy atom. The summed E-state index contributed by atoms with van der Waals surface area (Å²) in [7, 11) is 1.96. The van der Waals surface area contributed by atoms with E-state index >= 15 is 0 Å². The van der Waals surface area contributed by atoms with Gasteiger partial charge in [0, 0.05) is 25.7 Å². The zero-order valence-electron chi connectivity index (χ0n) is 12.9. The zero-order chi connectivity index (χ0) is 15.4. The van der Waals surface area contributed by atoms with E-state index in [-0.39, 0.29) is 6.04 Å². The summed E-state index contributed by atoms with van der Waals surface area (Å²) in [6, 6.07) is 6.03. The lowest BCUT2D eigenvalue weighted by molar-refractivity contribution is -0.0685. The number of benzene rings is 1. The van der Waals surface area contributed by atoms with Gasteiger partial charge in [-0.2, -0.15) is 0 Å². The zero-order valence-corrected chi connectivity index (χ0v) is 14.4. The molecule has 0 saturated carbocycles. The summed E-state index contributed by atoms with van der Waals surface area (Å²) in [6.45, 7) is 7.26. The van der Waals surface area contributed by atoms with E-state index in [1.54, 1.807) is 0 Å². The van der Waals surface area contributed by atoms with Crippen LogP contribution in [0.3, 0.4) is 0 Å². The molecule has 1 unspecified atom stereocenters. The van der Waals surface area contributed by atoms with E-state index in [1.807, 2.05) is 25.2 Å². The maximum Gasteiger partial charge on any atom is 0.0678 e. The first kappa shape index (κ1) is 17.0. The van der Waals surface area contributed by atoms with Crippen molar-refractivity contribution in [2.24, 2.45) is 0 Å². The highest BCUT2D eigenvalue weighted by Crippen LogP contribution is 2.31. The SMILES string of the molecule is CNC(CCN1C[C@@H](C)O[C@@H](C)C1)c1cccc(Cl)c1Cl. The van der Waals surface area contributed by atoms with Crippen LogP contribution in [0.15, 0.2) is 18.2 Å². The van der Waals surface area contributed by atoms with E-state index in [0.717, 1.165) is 31.6 Å². The number of morpholine rings is 1. The molecule has 2 rings (SSSR count). The molecule has 118 valence electrons. The van der Waals surface area contributed by atoms with Crippen molar-refractivity contribution in [3.8, 4) is 0 Å². The summed E-state index contributed by atoms with van der Waals surface area (Å²) in [5.41, 5.74) is 1.07. The molecule has 0 aromatic heterocycles. The van der Waals surface area contributed by atoms with Crippen LogP contribution in [-0.4, -0.2) is 43.8 Å². The van der Waals surface area contributed by atoms with Gasteiger partial charge in [-0.15, -0.1) is 0 Å². The molecule has 1 N–H and O–H groups in total. The Morgan fingerprint density at radius 1 is 1.29 bits per heavy atom. The van der Waals surface area contributed by atoms with Gasteiger partial charge in [0.25, 0.3) is 0 Å². The molecule has 1 heterocycles. The number of halogens is 2. The summed E-state index contributed by atoms with van der Waals surface area (Å²) < 4.78 is 5.77. The lowest BCUT2D eigenvalue weighted by Gasteiger charge is -2.36. The topological polar surface area (TPSA) is 24.5 Å². The van der Waals surface area contributed by atoms with Gasteiger partial charge >= 0.3 is 0 Å². The van der Waals surface area contributed by atoms with Crippen LogP contribution >= 0.6 is 23.2 Å². The summed E-state index contributed by atoms with van der Waals surface area (Å²) in [5, 5.41) is 4.62. The Bertz CT molecular complexity index is 460. The highest BCUT2D eigenvalue weighted by Gasteiger charge is 2.23. The van der Waals surface area contributed by atoms with Crippen molar-refractivity contribution in [1.82, 2.24) is 10.2 Å². The number of hydrogen-bond donors (Lipinski definition) is 1. The molecule has 21 heavy (non-hydrogen) atoms. The average molecular weight is 331 g/mol. The molecule has 1 fully saturated rings. The first-order valence-corrected chi connectivity index (χ1v) is 8.25. The van der Waals surface area contributed by atoms with E-state index in [4.69, 9.17) is 27.9 Å². The maximum absolute atomic E-state index is 6.33. The van der Waals surface area contributed by atoms with Crippen LogP contribution in [0.4, 0.5) is 0 Å². The van der Waals surface area contributed by atoms with Crippen molar-refractivity contribution in [1.29, 1.82) is 0 Å². The molecule has 1 aromatic carbocycles. The molecule has 1 aliphatic rings. The molecular weight excluding hydrogens is 307 g/mol. The molecule has 1 aliphatic heterocycles. The van der Waals surface area contributed by atoms with Crippen molar-refractivity contribution in [3.05, 3.63) is 33.8 Å². The van der Waals surface area contributed by atoms with Crippen LogP contribution < -0.4 is 5.32 Å². The van der Waals surface area contributed by atoms with Crippen LogP contribution in [0.1, 0.15) is 31.9 Å². The van der Waals surface area contributed by atoms with Gasteiger partial charge < -0.3 is 10.1 Å². The molecule has 1 aromatic rings. The molecule has 5 heteroatoms. The molecule has 1 saturated heterocycles. The minimum Gasteiger partial charge on any atom is -0.373 e. The average Bonchev–Trinajstić information content (AvgIpc) is 2.43. The highest BCUT2D eigenvalue weighted by atomic mass is 35.5. The fourth-order valence-electron chi connectivity index (χ4n) is 3.02. The quantitative estimate of drug-likeness (QED) is 0.889. The van der Waals surface area contributed by atoms with Crippen LogP contribution in [0.2, 0.25) is 10.0 Å². The fourth-order valence-corrected chi connectivity index (χ4v) is 3.46. The summed E-state index contributed by atoms with van der Waals surface area (Å²) in [6.07, 6.45) is 1.60. The van der Waals surface area contributed by atoms with E-state index in [9.17, 15) is 0 Å². The van der Waals surface area contributed by atoms with Crippen molar-refractivity contribution in [2.45, 2.75) is 38.5 Å². The molecule has 0 amide bonds. The Labute approximate surface area is 137 Å². The number of hydrogen-bond acceptors (Lipinski definition) is 3.